The second kappa shape index (κ2) is 6.70. The van der Waals surface area contributed by atoms with Crippen molar-refractivity contribution in [1.82, 2.24) is 10.2 Å². The number of urea groups is 1. The SMILES string of the molecule is O=C1OC2(CCN(C(=O)NCC3CCCCC3)CC2)c2ccccc21. The molecule has 4 rings (SSSR count). The Morgan fingerprint density at radius 2 is 1.88 bits per heavy atom. The summed E-state index contributed by atoms with van der Waals surface area (Å²) in [6.07, 6.45) is 7.72. The number of likely N-dealkylation sites (tertiary alicyclic amines) is 1. The predicted molar refractivity (Wildman–Crippen MR) is 94.3 cm³/mol. The monoisotopic (exact) mass is 342 g/mol. The van der Waals surface area contributed by atoms with Crippen LogP contribution in [-0.4, -0.2) is 36.5 Å². The van der Waals surface area contributed by atoms with Gasteiger partial charge in [0.25, 0.3) is 0 Å². The zero-order chi connectivity index (χ0) is 17.3. The Hall–Kier alpha value is -2.04. The molecule has 5 nitrogen and oxygen atoms in total. The van der Waals surface area contributed by atoms with Gasteiger partial charge in [0.05, 0.1) is 5.56 Å². The fourth-order valence-corrected chi connectivity index (χ4v) is 4.52. The Morgan fingerprint density at radius 1 is 1.16 bits per heavy atom. The lowest BCUT2D eigenvalue weighted by atomic mass is 9.84. The van der Waals surface area contributed by atoms with Crippen molar-refractivity contribution in [2.24, 2.45) is 5.92 Å². The number of nitrogens with zero attached hydrogens (tertiary/aromatic N) is 1. The molecule has 1 saturated carbocycles. The van der Waals surface area contributed by atoms with Crippen LogP contribution in [0.15, 0.2) is 24.3 Å². The van der Waals surface area contributed by atoms with Gasteiger partial charge in [-0.05, 0) is 24.8 Å². The fourth-order valence-electron chi connectivity index (χ4n) is 4.52. The first kappa shape index (κ1) is 16.4. The maximum Gasteiger partial charge on any atom is 0.339 e. The Morgan fingerprint density at radius 3 is 2.64 bits per heavy atom. The van der Waals surface area contributed by atoms with Gasteiger partial charge in [0.15, 0.2) is 0 Å². The van der Waals surface area contributed by atoms with E-state index in [1.54, 1.807) is 0 Å². The zero-order valence-corrected chi connectivity index (χ0v) is 14.6. The van der Waals surface area contributed by atoms with Crippen LogP contribution in [0.25, 0.3) is 0 Å². The van der Waals surface area contributed by atoms with Crippen LogP contribution in [0, 0.1) is 5.92 Å². The molecule has 2 heterocycles. The van der Waals surface area contributed by atoms with Crippen LogP contribution < -0.4 is 5.32 Å². The van der Waals surface area contributed by atoms with Crippen LogP contribution in [0.4, 0.5) is 4.79 Å². The van der Waals surface area contributed by atoms with E-state index in [2.05, 4.69) is 5.32 Å². The topological polar surface area (TPSA) is 58.6 Å². The molecule has 0 atom stereocenters. The van der Waals surface area contributed by atoms with Crippen LogP contribution in [0.5, 0.6) is 0 Å². The van der Waals surface area contributed by atoms with E-state index >= 15 is 0 Å². The fraction of sp³-hybridized carbons (Fsp3) is 0.600. The van der Waals surface area contributed by atoms with Crippen molar-refractivity contribution >= 4 is 12.0 Å². The summed E-state index contributed by atoms with van der Waals surface area (Å²) in [7, 11) is 0. The van der Waals surface area contributed by atoms with E-state index < -0.39 is 5.60 Å². The Labute approximate surface area is 148 Å². The molecule has 1 spiro atoms. The largest absolute Gasteiger partial charge is 0.450 e. The molecule has 1 N–H and O–H groups in total. The van der Waals surface area contributed by atoms with E-state index in [1.807, 2.05) is 29.2 Å². The molecule has 1 aromatic rings. The molecule has 0 aromatic heterocycles. The van der Waals surface area contributed by atoms with Gasteiger partial charge in [0.2, 0.25) is 0 Å². The van der Waals surface area contributed by atoms with Crippen LogP contribution in [0.2, 0.25) is 0 Å². The van der Waals surface area contributed by atoms with Crippen LogP contribution in [0.1, 0.15) is 60.9 Å². The molecule has 1 aromatic carbocycles. The quantitative estimate of drug-likeness (QED) is 0.838. The minimum Gasteiger partial charge on any atom is -0.450 e. The van der Waals surface area contributed by atoms with E-state index in [1.165, 1.54) is 32.1 Å². The first-order chi connectivity index (χ1) is 12.2. The van der Waals surface area contributed by atoms with Gasteiger partial charge in [-0.3, -0.25) is 0 Å². The van der Waals surface area contributed by atoms with Gasteiger partial charge in [0, 0.05) is 38.0 Å². The molecule has 134 valence electrons. The number of carbonyl (C=O) groups is 2. The van der Waals surface area contributed by atoms with Gasteiger partial charge in [0.1, 0.15) is 5.60 Å². The summed E-state index contributed by atoms with van der Waals surface area (Å²) in [5.41, 5.74) is 1.13. The molecule has 2 fully saturated rings. The van der Waals surface area contributed by atoms with Gasteiger partial charge in [-0.2, -0.15) is 0 Å². The molecule has 0 unspecified atom stereocenters. The third-order valence-corrected chi connectivity index (χ3v) is 6.05. The van der Waals surface area contributed by atoms with Crippen molar-refractivity contribution in [3.8, 4) is 0 Å². The zero-order valence-electron chi connectivity index (χ0n) is 14.6. The number of benzene rings is 1. The Balaban J connectivity index is 1.34. The highest BCUT2D eigenvalue weighted by Crippen LogP contribution is 2.43. The molecule has 2 amide bonds. The van der Waals surface area contributed by atoms with Crippen molar-refractivity contribution < 1.29 is 14.3 Å². The number of rotatable bonds is 2. The van der Waals surface area contributed by atoms with E-state index in [-0.39, 0.29) is 12.0 Å². The number of nitrogens with one attached hydrogen (secondary N) is 1. The molecule has 3 aliphatic rings. The van der Waals surface area contributed by atoms with E-state index in [0.717, 1.165) is 12.1 Å². The molecule has 25 heavy (non-hydrogen) atoms. The summed E-state index contributed by atoms with van der Waals surface area (Å²) < 4.78 is 5.75. The lowest BCUT2D eigenvalue weighted by Gasteiger charge is -2.38. The van der Waals surface area contributed by atoms with Gasteiger partial charge in [-0.1, -0.05) is 37.5 Å². The standard InChI is InChI=1S/C20H26N2O3/c23-18-16-8-4-5-9-17(16)20(25-18)10-12-22(13-11-20)19(24)21-14-15-6-2-1-3-7-15/h4-5,8-9,15H,1-3,6-7,10-14H2,(H,21,24). The first-order valence-corrected chi connectivity index (χ1v) is 9.54. The lowest BCUT2D eigenvalue weighted by molar-refractivity contribution is -0.0369. The number of esters is 1. The molecule has 1 saturated heterocycles. The van der Waals surface area contributed by atoms with Crippen LogP contribution >= 0.6 is 0 Å². The third-order valence-electron chi connectivity index (χ3n) is 6.05. The van der Waals surface area contributed by atoms with Gasteiger partial charge in [-0.15, -0.1) is 0 Å². The van der Waals surface area contributed by atoms with Crippen LogP contribution in [0.3, 0.4) is 0 Å². The average molecular weight is 342 g/mol. The highest BCUT2D eigenvalue weighted by Gasteiger charge is 2.47. The number of piperidine rings is 1. The average Bonchev–Trinajstić information content (AvgIpc) is 2.93. The maximum absolute atomic E-state index is 12.5. The number of ether oxygens (including phenoxy) is 1. The van der Waals surface area contributed by atoms with Gasteiger partial charge in [-0.25, -0.2) is 9.59 Å². The predicted octanol–water partition coefficient (Wildman–Crippen LogP) is 3.44. The molecule has 0 bridgehead atoms. The number of fused-ring (bicyclic) bond motifs is 2. The van der Waals surface area contributed by atoms with Crippen molar-refractivity contribution in [3.63, 3.8) is 0 Å². The van der Waals surface area contributed by atoms with Crippen LogP contribution in [-0.2, 0) is 10.3 Å². The molecule has 2 aliphatic heterocycles. The number of amides is 2. The normalized spacial score (nSPS) is 22.6. The Bertz CT molecular complexity index is 659. The van der Waals surface area contributed by atoms with E-state index in [9.17, 15) is 9.59 Å². The van der Waals surface area contributed by atoms with Crippen molar-refractivity contribution in [3.05, 3.63) is 35.4 Å². The molecule has 5 heteroatoms. The number of carbonyl (C=O) groups excluding carboxylic acids is 2. The number of hydrogen-bond acceptors (Lipinski definition) is 3. The minimum absolute atomic E-state index is 0.0260. The summed E-state index contributed by atoms with van der Waals surface area (Å²) >= 11 is 0. The molecular weight excluding hydrogens is 316 g/mol. The van der Waals surface area contributed by atoms with Gasteiger partial charge >= 0.3 is 12.0 Å². The van der Waals surface area contributed by atoms with Crippen molar-refractivity contribution in [2.45, 2.75) is 50.5 Å². The molecule has 0 radical (unpaired) electrons. The number of hydrogen-bond donors (Lipinski definition) is 1. The second-order valence-corrected chi connectivity index (χ2v) is 7.61. The summed E-state index contributed by atoms with van der Waals surface area (Å²) in [6.45, 7) is 2.04. The minimum atomic E-state index is -0.534. The Kier molecular flexibility index (Phi) is 4.40. The third kappa shape index (κ3) is 3.12. The van der Waals surface area contributed by atoms with Crippen molar-refractivity contribution in [2.75, 3.05) is 19.6 Å². The smallest absolute Gasteiger partial charge is 0.339 e. The summed E-state index contributed by atoms with van der Waals surface area (Å²) in [6, 6.07) is 7.66. The second-order valence-electron chi connectivity index (χ2n) is 7.61. The highest BCUT2D eigenvalue weighted by atomic mass is 16.6. The van der Waals surface area contributed by atoms with Crippen molar-refractivity contribution in [1.29, 1.82) is 0 Å². The molecule has 1 aliphatic carbocycles. The van der Waals surface area contributed by atoms with E-state index in [4.69, 9.17) is 4.74 Å². The highest BCUT2D eigenvalue weighted by molar-refractivity contribution is 5.94. The van der Waals surface area contributed by atoms with E-state index in [0.29, 0.717) is 37.4 Å². The first-order valence-electron chi connectivity index (χ1n) is 9.54. The maximum atomic E-state index is 12.5. The lowest BCUT2D eigenvalue weighted by Crippen LogP contribution is -2.49. The molecular formula is C20H26N2O3. The summed E-state index contributed by atoms with van der Waals surface area (Å²) in [5.74, 6) is 0.405. The summed E-state index contributed by atoms with van der Waals surface area (Å²) in [4.78, 5) is 26.4. The summed E-state index contributed by atoms with van der Waals surface area (Å²) in [5, 5.41) is 3.11. The van der Waals surface area contributed by atoms with Gasteiger partial charge < -0.3 is 15.0 Å².